The number of para-hydroxylation sites is 1. The molecule has 1 N–H and O–H groups in total. The fourth-order valence-electron chi connectivity index (χ4n) is 3.27. The molecule has 0 spiro atoms. The van der Waals surface area contributed by atoms with Crippen molar-refractivity contribution >= 4 is 32.3 Å². The summed E-state index contributed by atoms with van der Waals surface area (Å²) in [4.78, 5) is 3.45. The lowest BCUT2D eigenvalue weighted by Crippen LogP contribution is -2.38. The fraction of sp³-hybridized carbons (Fsp3) is 0.294. The van der Waals surface area contributed by atoms with Crippen LogP contribution in [0, 0.1) is 0 Å². The molecule has 1 unspecified atom stereocenters. The molecule has 3 aromatic rings. The Balaban J connectivity index is 1.62. The number of aromatic nitrogens is 1. The number of hydrogen-bond acceptors (Lipinski definition) is 3. The second-order valence-corrected chi connectivity index (χ2v) is 9.06. The minimum atomic E-state index is -3.35. The lowest BCUT2D eigenvalue weighted by molar-refractivity contribution is 0.314. The van der Waals surface area contributed by atoms with E-state index in [9.17, 15) is 8.42 Å². The lowest BCUT2D eigenvalue weighted by Gasteiger charge is -2.31. The molecule has 23 heavy (non-hydrogen) atoms. The Bertz CT molecular complexity index is 880. The molecule has 0 radical (unpaired) electrons. The van der Waals surface area contributed by atoms with Crippen LogP contribution in [0.2, 0.25) is 0 Å². The van der Waals surface area contributed by atoms with Gasteiger partial charge in [0, 0.05) is 30.2 Å². The molecule has 1 aromatic carbocycles. The third-order valence-corrected chi connectivity index (χ3v) is 7.70. The molecule has 1 fully saturated rings. The lowest BCUT2D eigenvalue weighted by atomic mass is 9.96. The number of piperidine rings is 1. The van der Waals surface area contributed by atoms with Crippen molar-refractivity contribution in [2.75, 3.05) is 13.1 Å². The molecule has 0 amide bonds. The monoisotopic (exact) mass is 346 g/mol. The minimum absolute atomic E-state index is 0.228. The van der Waals surface area contributed by atoms with Crippen LogP contribution in [-0.2, 0) is 10.0 Å². The van der Waals surface area contributed by atoms with Gasteiger partial charge in [-0.2, -0.15) is 4.31 Å². The van der Waals surface area contributed by atoms with Gasteiger partial charge in [0.2, 0.25) is 0 Å². The summed E-state index contributed by atoms with van der Waals surface area (Å²) in [5.74, 6) is 0.228. The Labute approximate surface area is 139 Å². The molecule has 0 aliphatic carbocycles. The van der Waals surface area contributed by atoms with Crippen molar-refractivity contribution in [3.05, 3.63) is 53.5 Å². The molecule has 3 heterocycles. The SMILES string of the molecule is O=S(=O)(c1cccs1)N1CCCC(c2cc3ccccc3[nH]2)C1. The summed E-state index contributed by atoms with van der Waals surface area (Å²) in [7, 11) is -3.35. The quantitative estimate of drug-likeness (QED) is 0.784. The van der Waals surface area contributed by atoms with E-state index in [2.05, 4.69) is 23.2 Å². The highest BCUT2D eigenvalue weighted by atomic mass is 32.2. The molecule has 1 aliphatic heterocycles. The number of hydrogen-bond donors (Lipinski definition) is 1. The Morgan fingerprint density at radius 1 is 1.17 bits per heavy atom. The predicted molar refractivity (Wildman–Crippen MR) is 93.4 cm³/mol. The fourth-order valence-corrected chi connectivity index (χ4v) is 5.94. The van der Waals surface area contributed by atoms with E-state index in [4.69, 9.17) is 0 Å². The van der Waals surface area contributed by atoms with Gasteiger partial charge in [0.05, 0.1) is 0 Å². The van der Waals surface area contributed by atoms with Crippen LogP contribution in [0.25, 0.3) is 10.9 Å². The number of fused-ring (bicyclic) bond motifs is 1. The van der Waals surface area contributed by atoms with Crippen LogP contribution in [0.1, 0.15) is 24.5 Å². The van der Waals surface area contributed by atoms with Crippen LogP contribution in [0.4, 0.5) is 0 Å². The van der Waals surface area contributed by atoms with Crippen LogP contribution in [0.3, 0.4) is 0 Å². The Morgan fingerprint density at radius 2 is 2.04 bits per heavy atom. The first kappa shape index (κ1) is 14.9. The zero-order valence-electron chi connectivity index (χ0n) is 12.6. The highest BCUT2D eigenvalue weighted by molar-refractivity contribution is 7.91. The molecule has 0 saturated carbocycles. The van der Waals surface area contributed by atoms with E-state index < -0.39 is 10.0 Å². The van der Waals surface area contributed by atoms with Gasteiger partial charge >= 0.3 is 0 Å². The van der Waals surface area contributed by atoms with Gasteiger partial charge in [-0.15, -0.1) is 11.3 Å². The van der Waals surface area contributed by atoms with Crippen molar-refractivity contribution < 1.29 is 8.42 Å². The zero-order valence-corrected chi connectivity index (χ0v) is 14.2. The summed E-state index contributed by atoms with van der Waals surface area (Å²) in [6.07, 6.45) is 1.91. The Morgan fingerprint density at radius 3 is 2.83 bits per heavy atom. The Hall–Kier alpha value is -1.63. The van der Waals surface area contributed by atoms with Gasteiger partial charge in [-0.05, 0) is 41.8 Å². The molecule has 4 nitrogen and oxygen atoms in total. The van der Waals surface area contributed by atoms with Crippen LogP contribution in [-0.4, -0.2) is 30.8 Å². The molecular weight excluding hydrogens is 328 g/mol. The molecule has 1 aliphatic rings. The van der Waals surface area contributed by atoms with Crippen LogP contribution < -0.4 is 0 Å². The summed E-state index contributed by atoms with van der Waals surface area (Å²) >= 11 is 1.29. The summed E-state index contributed by atoms with van der Waals surface area (Å²) in [6.45, 7) is 1.16. The van der Waals surface area contributed by atoms with E-state index in [0.29, 0.717) is 17.3 Å². The van der Waals surface area contributed by atoms with Gasteiger partial charge in [-0.25, -0.2) is 8.42 Å². The van der Waals surface area contributed by atoms with Crippen molar-refractivity contribution in [2.24, 2.45) is 0 Å². The van der Waals surface area contributed by atoms with Gasteiger partial charge in [0.25, 0.3) is 10.0 Å². The highest BCUT2D eigenvalue weighted by Gasteiger charge is 2.32. The number of thiophene rings is 1. The number of benzene rings is 1. The maximum atomic E-state index is 12.7. The number of sulfonamides is 1. The standard InChI is InChI=1S/C17H18N2O2S2/c20-23(21,17-8-4-10-22-17)19-9-3-6-14(12-19)16-11-13-5-1-2-7-15(13)18-16/h1-2,4-5,7-8,10-11,14,18H,3,6,9,12H2. The first-order chi connectivity index (χ1) is 11.1. The summed E-state index contributed by atoms with van der Waals surface area (Å²) in [6, 6.07) is 13.8. The van der Waals surface area contributed by atoms with E-state index in [-0.39, 0.29) is 5.92 Å². The molecule has 0 bridgehead atoms. The van der Waals surface area contributed by atoms with Crippen molar-refractivity contribution in [2.45, 2.75) is 23.0 Å². The van der Waals surface area contributed by atoms with E-state index in [1.807, 2.05) is 17.5 Å². The molecular formula is C17H18N2O2S2. The third-order valence-electron chi connectivity index (χ3n) is 4.46. The largest absolute Gasteiger partial charge is 0.358 e. The maximum Gasteiger partial charge on any atom is 0.252 e. The van der Waals surface area contributed by atoms with Crippen LogP contribution in [0.15, 0.2) is 52.1 Å². The highest BCUT2D eigenvalue weighted by Crippen LogP contribution is 2.32. The number of rotatable bonds is 3. The predicted octanol–water partition coefficient (Wildman–Crippen LogP) is 3.80. The number of H-pyrrole nitrogens is 1. The van der Waals surface area contributed by atoms with Crippen molar-refractivity contribution in [1.29, 1.82) is 0 Å². The van der Waals surface area contributed by atoms with Crippen LogP contribution >= 0.6 is 11.3 Å². The van der Waals surface area contributed by atoms with E-state index in [1.54, 1.807) is 16.4 Å². The smallest absolute Gasteiger partial charge is 0.252 e. The second kappa shape index (κ2) is 5.78. The molecule has 120 valence electrons. The molecule has 4 rings (SSSR count). The number of nitrogens with zero attached hydrogens (tertiary/aromatic N) is 1. The van der Waals surface area contributed by atoms with Gasteiger partial charge in [0.15, 0.2) is 0 Å². The summed E-state index contributed by atoms with van der Waals surface area (Å²) < 4.78 is 27.5. The number of aromatic amines is 1. The maximum absolute atomic E-state index is 12.7. The first-order valence-electron chi connectivity index (χ1n) is 7.76. The summed E-state index contributed by atoms with van der Waals surface area (Å²) in [5, 5.41) is 2.99. The number of nitrogens with one attached hydrogen (secondary N) is 1. The van der Waals surface area contributed by atoms with Crippen molar-refractivity contribution in [3.63, 3.8) is 0 Å². The van der Waals surface area contributed by atoms with Gasteiger partial charge in [0.1, 0.15) is 4.21 Å². The first-order valence-corrected chi connectivity index (χ1v) is 10.1. The normalized spacial score (nSPS) is 20.1. The average molecular weight is 346 g/mol. The second-order valence-electron chi connectivity index (χ2n) is 5.95. The van der Waals surface area contributed by atoms with Crippen LogP contribution in [0.5, 0.6) is 0 Å². The molecule has 1 saturated heterocycles. The van der Waals surface area contributed by atoms with Gasteiger partial charge in [-0.3, -0.25) is 0 Å². The Kier molecular flexibility index (Phi) is 3.75. The van der Waals surface area contributed by atoms with E-state index in [1.165, 1.54) is 16.7 Å². The topological polar surface area (TPSA) is 53.2 Å². The van der Waals surface area contributed by atoms with Gasteiger partial charge < -0.3 is 4.98 Å². The molecule has 6 heteroatoms. The zero-order chi connectivity index (χ0) is 15.9. The molecule has 2 aromatic heterocycles. The third kappa shape index (κ3) is 2.71. The van der Waals surface area contributed by atoms with Crippen molar-refractivity contribution in [3.8, 4) is 0 Å². The average Bonchev–Trinajstić information content (AvgIpc) is 3.24. The van der Waals surface area contributed by atoms with E-state index >= 15 is 0 Å². The summed E-state index contributed by atoms with van der Waals surface area (Å²) in [5.41, 5.74) is 2.25. The van der Waals surface area contributed by atoms with Gasteiger partial charge in [-0.1, -0.05) is 24.3 Å². The van der Waals surface area contributed by atoms with Crippen molar-refractivity contribution in [1.82, 2.24) is 9.29 Å². The van der Waals surface area contributed by atoms with E-state index in [0.717, 1.165) is 24.1 Å². The molecule has 1 atom stereocenters. The minimum Gasteiger partial charge on any atom is -0.358 e.